The highest BCUT2D eigenvalue weighted by Crippen LogP contribution is 2.27. The molecule has 0 saturated heterocycles. The van der Waals surface area contributed by atoms with E-state index in [2.05, 4.69) is 26.1 Å². The molecule has 0 bridgehead atoms. The van der Waals surface area contributed by atoms with Crippen LogP contribution < -0.4 is 16.0 Å². The first-order valence-corrected chi connectivity index (χ1v) is 14.0. The first-order valence-electron chi connectivity index (χ1n) is 11.9. The number of aromatic nitrogens is 2. The predicted octanol–water partition coefficient (Wildman–Crippen LogP) is 6.17. The van der Waals surface area contributed by atoms with Crippen molar-refractivity contribution < 1.29 is 18.8 Å². The zero-order chi connectivity index (χ0) is 28.6. The van der Waals surface area contributed by atoms with Crippen molar-refractivity contribution in [1.29, 1.82) is 0 Å². The molecule has 0 aliphatic heterocycles. The van der Waals surface area contributed by atoms with Crippen LogP contribution in [0.2, 0.25) is 5.02 Å². The highest BCUT2D eigenvalue weighted by molar-refractivity contribution is 8.00. The molecule has 8 nitrogen and oxygen atoms in total. The quantitative estimate of drug-likeness (QED) is 0.158. The third-order valence-electron chi connectivity index (χ3n) is 5.37. The third kappa shape index (κ3) is 7.75. The van der Waals surface area contributed by atoms with Gasteiger partial charge in [0.25, 0.3) is 11.8 Å². The van der Waals surface area contributed by atoms with Gasteiger partial charge in [-0.1, -0.05) is 47.2 Å². The molecule has 0 fully saturated rings. The molecule has 1 atom stereocenters. The number of nitrogens with one attached hydrogen (secondary N) is 3. The van der Waals surface area contributed by atoms with Crippen LogP contribution >= 0.6 is 34.7 Å². The average molecular weight is 596 g/mol. The van der Waals surface area contributed by atoms with Crippen molar-refractivity contribution in [3.63, 3.8) is 0 Å². The minimum absolute atomic E-state index is 0.0367. The van der Waals surface area contributed by atoms with Gasteiger partial charge in [0.05, 0.1) is 10.3 Å². The fourth-order valence-corrected chi connectivity index (χ4v) is 5.04. The molecule has 4 aromatic rings. The van der Waals surface area contributed by atoms with Crippen molar-refractivity contribution in [2.24, 2.45) is 0 Å². The van der Waals surface area contributed by atoms with Gasteiger partial charge < -0.3 is 10.6 Å². The van der Waals surface area contributed by atoms with Gasteiger partial charge in [0.1, 0.15) is 16.5 Å². The summed E-state index contributed by atoms with van der Waals surface area (Å²) in [7, 11) is 0. The molecule has 0 spiro atoms. The van der Waals surface area contributed by atoms with E-state index >= 15 is 0 Å². The normalized spacial score (nSPS) is 11.9. The Hall–Kier alpha value is -4.06. The minimum atomic E-state index is -0.677. The fourth-order valence-electron chi connectivity index (χ4n) is 3.36. The summed E-state index contributed by atoms with van der Waals surface area (Å²) in [6.45, 7) is 3.57. The molecule has 0 aliphatic carbocycles. The molecule has 3 N–H and O–H groups in total. The van der Waals surface area contributed by atoms with Crippen molar-refractivity contribution in [3.05, 3.63) is 105 Å². The molecule has 204 valence electrons. The molecule has 1 aromatic heterocycles. The van der Waals surface area contributed by atoms with Crippen LogP contribution in [-0.2, 0) is 9.59 Å². The number of hydrogen-bond acceptors (Lipinski definition) is 7. The Bertz CT molecular complexity index is 1540. The molecule has 0 saturated carbocycles. The van der Waals surface area contributed by atoms with E-state index in [1.807, 2.05) is 0 Å². The number of anilines is 2. The number of aryl methyl sites for hydroxylation is 1. The molecule has 4 rings (SSSR count). The first kappa shape index (κ1) is 28.9. The molecule has 1 heterocycles. The Kier molecular flexibility index (Phi) is 9.65. The maximum Gasteiger partial charge on any atom is 0.272 e. The largest absolute Gasteiger partial charge is 0.321 e. The lowest BCUT2D eigenvalue weighted by molar-refractivity contribution is -0.115. The number of benzene rings is 3. The van der Waals surface area contributed by atoms with Crippen molar-refractivity contribution in [2.75, 3.05) is 10.6 Å². The molecule has 12 heteroatoms. The van der Waals surface area contributed by atoms with Crippen molar-refractivity contribution in [2.45, 2.75) is 24.0 Å². The van der Waals surface area contributed by atoms with E-state index in [1.165, 1.54) is 47.4 Å². The lowest BCUT2D eigenvalue weighted by Crippen LogP contribution is -2.30. The van der Waals surface area contributed by atoms with Crippen LogP contribution in [0.15, 0.2) is 83.4 Å². The summed E-state index contributed by atoms with van der Waals surface area (Å²) < 4.78 is 14.5. The van der Waals surface area contributed by atoms with Gasteiger partial charge in [-0.05, 0) is 68.5 Å². The average Bonchev–Trinajstić information content (AvgIpc) is 3.35. The van der Waals surface area contributed by atoms with Crippen LogP contribution in [0.3, 0.4) is 0 Å². The minimum Gasteiger partial charge on any atom is -0.321 e. The lowest BCUT2D eigenvalue weighted by atomic mass is 10.1. The van der Waals surface area contributed by atoms with Crippen LogP contribution in [0.25, 0.3) is 6.08 Å². The van der Waals surface area contributed by atoms with Gasteiger partial charge in [-0.3, -0.25) is 19.7 Å². The second-order valence-corrected chi connectivity index (χ2v) is 11.4. The van der Waals surface area contributed by atoms with E-state index in [0.29, 0.717) is 16.4 Å². The zero-order valence-corrected chi connectivity index (χ0v) is 23.7. The highest BCUT2D eigenvalue weighted by atomic mass is 35.5. The number of thioether (sulfide) groups is 1. The molecule has 40 heavy (non-hydrogen) atoms. The maximum absolute atomic E-state index is 14.5. The molecular weight excluding hydrogens is 573 g/mol. The number of nitrogens with zero attached hydrogens (tertiary/aromatic N) is 2. The molecule has 0 radical (unpaired) electrons. The second-order valence-electron chi connectivity index (χ2n) is 8.37. The van der Waals surface area contributed by atoms with Gasteiger partial charge in [0.2, 0.25) is 11.0 Å². The summed E-state index contributed by atoms with van der Waals surface area (Å²) >= 11 is 8.77. The number of amides is 3. The Morgan fingerprint density at radius 2 is 1.70 bits per heavy atom. The molecular formula is C28H23ClFN5O3S2. The Labute approximate surface area is 243 Å². The SMILES string of the molecule is Cc1nnc(NC(=O)C(C)Sc2ccc(NC(=O)/C(=C/c3c(F)cccc3Cl)NC(=O)c3ccccc3)cc2)s1. The summed E-state index contributed by atoms with van der Waals surface area (Å²) in [5.74, 6) is -2.08. The van der Waals surface area contributed by atoms with Crippen LogP contribution in [0.5, 0.6) is 0 Å². The summed E-state index contributed by atoms with van der Waals surface area (Å²) in [5.41, 5.74) is 0.513. The summed E-state index contributed by atoms with van der Waals surface area (Å²) in [6.07, 6.45) is 1.19. The van der Waals surface area contributed by atoms with Crippen LogP contribution in [0, 0.1) is 12.7 Å². The lowest BCUT2D eigenvalue weighted by Gasteiger charge is -2.13. The Balaban J connectivity index is 1.47. The van der Waals surface area contributed by atoms with E-state index < -0.39 is 22.9 Å². The Morgan fingerprint density at radius 1 is 0.975 bits per heavy atom. The van der Waals surface area contributed by atoms with Gasteiger partial charge in [-0.25, -0.2) is 4.39 Å². The monoisotopic (exact) mass is 595 g/mol. The van der Waals surface area contributed by atoms with Crippen LogP contribution in [0.4, 0.5) is 15.2 Å². The number of halogens is 2. The Morgan fingerprint density at radius 3 is 2.35 bits per heavy atom. The fraction of sp³-hybridized carbons (Fsp3) is 0.107. The maximum atomic E-state index is 14.5. The molecule has 3 amide bonds. The molecule has 0 aliphatic rings. The number of carbonyl (C=O) groups is 3. The van der Waals surface area contributed by atoms with Crippen LogP contribution in [0.1, 0.15) is 27.9 Å². The van der Waals surface area contributed by atoms with Crippen molar-refractivity contribution in [3.8, 4) is 0 Å². The van der Waals surface area contributed by atoms with Gasteiger partial charge in [-0.15, -0.1) is 22.0 Å². The van der Waals surface area contributed by atoms with Gasteiger partial charge in [0.15, 0.2) is 0 Å². The van der Waals surface area contributed by atoms with E-state index in [1.54, 1.807) is 68.4 Å². The standard InChI is InChI=1S/C28H23ClFN5O3S2/c1-16(25(36)33-28-35-34-17(2)40-28)39-20-13-11-19(12-14-20)31-27(38)24(15-21-22(29)9-6-10-23(21)30)32-26(37)18-7-4-3-5-8-18/h3-16H,1-2H3,(H,31,38)(H,32,37)(H,33,35,36)/b24-15-. The summed E-state index contributed by atoms with van der Waals surface area (Å²) in [6, 6.07) is 19.3. The van der Waals surface area contributed by atoms with E-state index in [4.69, 9.17) is 11.6 Å². The summed E-state index contributed by atoms with van der Waals surface area (Å²) in [5, 5.41) is 16.6. The predicted molar refractivity (Wildman–Crippen MR) is 157 cm³/mol. The number of hydrogen-bond donors (Lipinski definition) is 3. The van der Waals surface area contributed by atoms with Gasteiger partial charge >= 0.3 is 0 Å². The topological polar surface area (TPSA) is 113 Å². The smallest absolute Gasteiger partial charge is 0.272 e. The van der Waals surface area contributed by atoms with Crippen LogP contribution in [-0.4, -0.2) is 33.2 Å². The van der Waals surface area contributed by atoms with E-state index in [-0.39, 0.29) is 22.2 Å². The van der Waals surface area contributed by atoms with E-state index in [9.17, 15) is 18.8 Å². The van der Waals surface area contributed by atoms with Gasteiger partial charge in [0, 0.05) is 21.7 Å². The molecule has 3 aromatic carbocycles. The summed E-state index contributed by atoms with van der Waals surface area (Å²) in [4.78, 5) is 39.3. The highest BCUT2D eigenvalue weighted by Gasteiger charge is 2.19. The first-order chi connectivity index (χ1) is 19.2. The molecule has 1 unspecified atom stereocenters. The van der Waals surface area contributed by atoms with Crippen molar-refractivity contribution >= 4 is 69.3 Å². The third-order valence-corrected chi connectivity index (χ3v) is 7.56. The zero-order valence-electron chi connectivity index (χ0n) is 21.3. The second kappa shape index (κ2) is 13.3. The van der Waals surface area contributed by atoms with Crippen molar-refractivity contribution in [1.82, 2.24) is 15.5 Å². The number of rotatable bonds is 9. The van der Waals surface area contributed by atoms with E-state index in [0.717, 1.165) is 9.90 Å². The van der Waals surface area contributed by atoms with Gasteiger partial charge in [-0.2, -0.15) is 0 Å². The number of carbonyl (C=O) groups excluding carboxylic acids is 3.